The molecule has 1 aliphatic rings. The fourth-order valence-electron chi connectivity index (χ4n) is 2.18. The second-order valence-electron chi connectivity index (χ2n) is 4.55. The van der Waals surface area contributed by atoms with Crippen molar-refractivity contribution in [2.45, 2.75) is 24.6 Å². The van der Waals surface area contributed by atoms with Crippen LogP contribution >= 0.6 is 11.6 Å². The molecule has 0 spiro atoms. The number of nitrogens with zero attached hydrogens (tertiary/aromatic N) is 2. The molecule has 0 N–H and O–H groups in total. The first kappa shape index (κ1) is 14.5. The Morgan fingerprint density at radius 2 is 2.15 bits per heavy atom. The minimum absolute atomic E-state index is 0.203. The maximum atomic E-state index is 9.08. The Labute approximate surface area is 124 Å². The van der Waals surface area contributed by atoms with Crippen LogP contribution < -0.4 is 0 Å². The van der Waals surface area contributed by atoms with Crippen LogP contribution in [0.4, 0.5) is 0 Å². The molecule has 0 amide bonds. The fourth-order valence-corrected chi connectivity index (χ4v) is 2.57. The molecule has 1 aromatic rings. The van der Waals surface area contributed by atoms with Gasteiger partial charge >= 0.3 is 0 Å². The van der Waals surface area contributed by atoms with E-state index in [0.29, 0.717) is 18.5 Å². The van der Waals surface area contributed by atoms with E-state index in [1.165, 1.54) is 0 Å². The molecule has 0 aliphatic carbocycles. The van der Waals surface area contributed by atoms with Gasteiger partial charge in [0.1, 0.15) is 12.8 Å². The Morgan fingerprint density at radius 1 is 1.40 bits per heavy atom. The minimum Gasteiger partial charge on any atom is -0.346 e. The highest BCUT2D eigenvalue weighted by atomic mass is 35.5. The average Bonchev–Trinajstić information content (AvgIpc) is 2.47. The molecule has 0 radical (unpaired) electrons. The van der Waals surface area contributed by atoms with E-state index in [1.807, 2.05) is 41.4 Å². The van der Waals surface area contributed by atoms with Gasteiger partial charge in [-0.1, -0.05) is 36.3 Å². The third-order valence-corrected chi connectivity index (χ3v) is 3.43. The third kappa shape index (κ3) is 3.54. The highest BCUT2D eigenvalue weighted by Crippen LogP contribution is 2.27. The zero-order chi connectivity index (χ0) is 14.4. The molecule has 2 rings (SSSR count). The molecule has 0 aromatic heterocycles. The van der Waals surface area contributed by atoms with Crippen molar-refractivity contribution in [3.63, 3.8) is 0 Å². The SMILES string of the molecule is C#CCO[C@@H]1[C@@H](Cl)CC(C#N)=CN1Cc1ccccc1. The number of benzene rings is 1. The summed E-state index contributed by atoms with van der Waals surface area (Å²) in [5.74, 6) is 2.45. The molecule has 0 bridgehead atoms. The quantitative estimate of drug-likeness (QED) is 0.631. The highest BCUT2D eigenvalue weighted by Gasteiger charge is 2.30. The van der Waals surface area contributed by atoms with Gasteiger partial charge in [0.15, 0.2) is 0 Å². The van der Waals surface area contributed by atoms with Crippen molar-refractivity contribution in [1.29, 1.82) is 5.26 Å². The second kappa shape index (κ2) is 7.01. The van der Waals surface area contributed by atoms with Crippen LogP contribution in [0.25, 0.3) is 0 Å². The Balaban J connectivity index is 2.19. The molecule has 0 fully saturated rings. The second-order valence-corrected chi connectivity index (χ2v) is 5.11. The van der Waals surface area contributed by atoms with Crippen molar-refractivity contribution in [3.05, 3.63) is 47.7 Å². The molecule has 0 unspecified atom stereocenters. The summed E-state index contributed by atoms with van der Waals surface area (Å²) in [6.07, 6.45) is 7.23. The molecular weight excluding hydrogens is 272 g/mol. The Bertz CT molecular complexity index is 556. The summed E-state index contributed by atoms with van der Waals surface area (Å²) < 4.78 is 5.63. The van der Waals surface area contributed by atoms with Crippen molar-refractivity contribution < 1.29 is 4.74 Å². The lowest BCUT2D eigenvalue weighted by Gasteiger charge is -2.36. The van der Waals surface area contributed by atoms with E-state index in [2.05, 4.69) is 12.0 Å². The molecule has 2 atom stereocenters. The number of alkyl halides is 1. The number of ether oxygens (including phenoxy) is 1. The van der Waals surface area contributed by atoms with Gasteiger partial charge in [0, 0.05) is 24.7 Å². The summed E-state index contributed by atoms with van der Waals surface area (Å²) in [4.78, 5) is 1.94. The number of halogens is 1. The van der Waals surface area contributed by atoms with Crippen molar-refractivity contribution >= 4 is 11.6 Å². The predicted molar refractivity (Wildman–Crippen MR) is 78.5 cm³/mol. The fraction of sp³-hybridized carbons (Fsp3) is 0.312. The first-order valence-corrected chi connectivity index (χ1v) is 6.78. The summed E-state index contributed by atoms with van der Waals surface area (Å²) in [6.45, 7) is 0.833. The topological polar surface area (TPSA) is 36.3 Å². The molecule has 0 saturated heterocycles. The van der Waals surface area contributed by atoms with Gasteiger partial charge in [0.05, 0.1) is 11.4 Å². The normalized spacial score (nSPS) is 21.8. The van der Waals surface area contributed by atoms with E-state index in [4.69, 9.17) is 28.0 Å². The Kier molecular flexibility index (Phi) is 5.07. The van der Waals surface area contributed by atoms with Crippen molar-refractivity contribution in [2.75, 3.05) is 6.61 Å². The molecular formula is C16H15ClN2O. The van der Waals surface area contributed by atoms with Crippen LogP contribution in [0.15, 0.2) is 42.1 Å². The Morgan fingerprint density at radius 3 is 2.80 bits per heavy atom. The first-order valence-electron chi connectivity index (χ1n) is 6.34. The van der Waals surface area contributed by atoms with E-state index in [0.717, 1.165) is 5.56 Å². The molecule has 1 heterocycles. The van der Waals surface area contributed by atoms with Gasteiger partial charge in [-0.25, -0.2) is 0 Å². The predicted octanol–water partition coefficient (Wildman–Crippen LogP) is 2.88. The van der Waals surface area contributed by atoms with Crippen LogP contribution in [-0.2, 0) is 11.3 Å². The van der Waals surface area contributed by atoms with E-state index in [1.54, 1.807) is 0 Å². The summed E-state index contributed by atoms with van der Waals surface area (Å²) >= 11 is 6.33. The maximum Gasteiger partial charge on any atom is 0.148 e. The molecule has 3 nitrogen and oxygen atoms in total. The lowest BCUT2D eigenvalue weighted by Crippen LogP contribution is -2.43. The van der Waals surface area contributed by atoms with Crippen LogP contribution in [0.3, 0.4) is 0 Å². The van der Waals surface area contributed by atoms with Crippen LogP contribution in [0.2, 0.25) is 0 Å². The van der Waals surface area contributed by atoms with E-state index in [9.17, 15) is 0 Å². The van der Waals surface area contributed by atoms with Crippen LogP contribution in [0.5, 0.6) is 0 Å². The number of hydrogen-bond acceptors (Lipinski definition) is 3. The first-order chi connectivity index (χ1) is 9.74. The summed E-state index contributed by atoms with van der Waals surface area (Å²) in [5, 5.41) is 8.79. The lowest BCUT2D eigenvalue weighted by molar-refractivity contribution is -0.0329. The van der Waals surface area contributed by atoms with Crippen molar-refractivity contribution in [2.24, 2.45) is 0 Å². The largest absolute Gasteiger partial charge is 0.346 e. The summed E-state index contributed by atoms with van der Waals surface area (Å²) in [7, 11) is 0. The van der Waals surface area contributed by atoms with E-state index in [-0.39, 0.29) is 18.2 Å². The number of allylic oxidation sites excluding steroid dienone is 1. The van der Waals surface area contributed by atoms with Gasteiger partial charge in [-0.15, -0.1) is 18.0 Å². The third-order valence-electron chi connectivity index (χ3n) is 3.06. The van der Waals surface area contributed by atoms with Crippen LogP contribution in [0, 0.1) is 23.7 Å². The monoisotopic (exact) mass is 286 g/mol. The molecule has 4 heteroatoms. The van der Waals surface area contributed by atoms with Gasteiger partial charge in [-0.05, 0) is 5.56 Å². The Hall–Kier alpha value is -1.94. The van der Waals surface area contributed by atoms with E-state index >= 15 is 0 Å². The molecule has 20 heavy (non-hydrogen) atoms. The van der Waals surface area contributed by atoms with Gasteiger partial charge in [-0.3, -0.25) is 0 Å². The standard InChI is InChI=1S/C16H15ClN2O/c1-2-8-20-16-15(17)9-14(10-18)12-19(16)11-13-6-4-3-5-7-13/h1,3-7,12,15-16H,8-9,11H2/t15-,16+/m0/s1. The van der Waals surface area contributed by atoms with Crippen molar-refractivity contribution in [3.8, 4) is 18.4 Å². The maximum absolute atomic E-state index is 9.08. The molecule has 1 aromatic carbocycles. The summed E-state index contributed by atoms with van der Waals surface area (Å²) in [5.41, 5.74) is 1.78. The number of nitriles is 1. The summed E-state index contributed by atoms with van der Waals surface area (Å²) in [6, 6.07) is 12.1. The highest BCUT2D eigenvalue weighted by molar-refractivity contribution is 6.21. The molecule has 0 saturated carbocycles. The average molecular weight is 287 g/mol. The minimum atomic E-state index is -0.315. The van der Waals surface area contributed by atoms with Gasteiger partial charge < -0.3 is 9.64 Å². The van der Waals surface area contributed by atoms with Gasteiger partial charge in [0.25, 0.3) is 0 Å². The number of rotatable bonds is 4. The van der Waals surface area contributed by atoms with Crippen molar-refractivity contribution in [1.82, 2.24) is 4.90 Å². The smallest absolute Gasteiger partial charge is 0.148 e. The molecule has 102 valence electrons. The van der Waals surface area contributed by atoms with Crippen LogP contribution in [0.1, 0.15) is 12.0 Å². The van der Waals surface area contributed by atoms with Gasteiger partial charge in [-0.2, -0.15) is 5.26 Å². The van der Waals surface area contributed by atoms with E-state index < -0.39 is 0 Å². The zero-order valence-electron chi connectivity index (χ0n) is 11.0. The van der Waals surface area contributed by atoms with Gasteiger partial charge in [0.2, 0.25) is 0 Å². The number of hydrogen-bond donors (Lipinski definition) is 0. The zero-order valence-corrected chi connectivity index (χ0v) is 11.8. The molecule has 1 aliphatic heterocycles. The lowest BCUT2D eigenvalue weighted by atomic mass is 10.1. The number of terminal acetylenes is 1. The van der Waals surface area contributed by atoms with Crippen LogP contribution in [-0.4, -0.2) is 23.1 Å².